The normalized spacial score (nSPS) is 12.2. The van der Waals surface area contributed by atoms with Crippen LogP contribution in [0.2, 0.25) is 0 Å². The molecule has 0 saturated heterocycles. The Balaban J connectivity index is 2.96. The Hall–Kier alpha value is -0.920. The molecule has 0 spiro atoms. The Kier molecular flexibility index (Phi) is 3.40. The lowest BCUT2D eigenvalue weighted by molar-refractivity contribution is 0.714. The topological polar surface area (TPSA) is 62.7 Å². The summed E-state index contributed by atoms with van der Waals surface area (Å²) in [5.41, 5.74) is 7.55. The number of aryl methyl sites for hydroxylation is 1. The molecule has 1 rings (SSSR count). The molecular weight excluding hydrogens is 230 g/mol. The first kappa shape index (κ1) is 10.2. The van der Waals surface area contributed by atoms with E-state index in [1.165, 1.54) is 0 Å². The third-order valence-corrected chi connectivity index (χ3v) is 2.30. The summed E-state index contributed by atoms with van der Waals surface area (Å²) in [6, 6.07) is 3.66. The molecule has 68 valence electrons. The van der Waals surface area contributed by atoms with Crippen LogP contribution < -0.4 is 5.73 Å². The van der Waals surface area contributed by atoms with Crippen LogP contribution in [0.25, 0.3) is 0 Å². The van der Waals surface area contributed by atoms with Gasteiger partial charge in [-0.2, -0.15) is 5.26 Å². The molecule has 1 atom stereocenters. The van der Waals surface area contributed by atoms with Gasteiger partial charge in [0.2, 0.25) is 0 Å². The molecule has 1 aromatic rings. The summed E-state index contributed by atoms with van der Waals surface area (Å²) in [7, 11) is 0. The van der Waals surface area contributed by atoms with E-state index in [0.717, 1.165) is 15.7 Å². The molecule has 2 N–H and O–H groups in total. The molecule has 0 aliphatic carbocycles. The zero-order chi connectivity index (χ0) is 9.84. The molecule has 0 fully saturated rings. The second kappa shape index (κ2) is 4.35. The minimum atomic E-state index is -0.306. The standard InChI is InChI=1S/C9H10BrN3/c1-6-4-7(10)9(13-5-6)8(12)2-3-11/h4-5,8H,2,12H2,1H3/t8-/m0/s1. The van der Waals surface area contributed by atoms with Crippen LogP contribution in [-0.4, -0.2) is 4.98 Å². The molecule has 13 heavy (non-hydrogen) atoms. The quantitative estimate of drug-likeness (QED) is 0.860. The number of aromatic nitrogens is 1. The number of nitrogens with zero attached hydrogens (tertiary/aromatic N) is 2. The Morgan fingerprint density at radius 1 is 1.77 bits per heavy atom. The Morgan fingerprint density at radius 3 is 3.00 bits per heavy atom. The molecular formula is C9H10BrN3. The van der Waals surface area contributed by atoms with E-state index in [9.17, 15) is 0 Å². The minimum Gasteiger partial charge on any atom is -0.322 e. The van der Waals surface area contributed by atoms with Gasteiger partial charge < -0.3 is 5.73 Å². The highest BCUT2D eigenvalue weighted by atomic mass is 79.9. The molecule has 0 bridgehead atoms. The van der Waals surface area contributed by atoms with Gasteiger partial charge in [-0.3, -0.25) is 4.98 Å². The van der Waals surface area contributed by atoms with Crippen LogP contribution >= 0.6 is 15.9 Å². The molecule has 0 aliphatic heterocycles. The number of hydrogen-bond acceptors (Lipinski definition) is 3. The molecule has 3 nitrogen and oxygen atoms in total. The summed E-state index contributed by atoms with van der Waals surface area (Å²) in [5, 5.41) is 8.47. The summed E-state index contributed by atoms with van der Waals surface area (Å²) in [6.45, 7) is 1.96. The van der Waals surface area contributed by atoms with Crippen molar-refractivity contribution in [2.45, 2.75) is 19.4 Å². The van der Waals surface area contributed by atoms with E-state index in [-0.39, 0.29) is 12.5 Å². The summed E-state index contributed by atoms with van der Waals surface area (Å²) in [5.74, 6) is 0. The van der Waals surface area contributed by atoms with E-state index in [1.807, 2.05) is 19.1 Å². The second-order valence-electron chi connectivity index (χ2n) is 2.85. The first-order valence-electron chi connectivity index (χ1n) is 3.89. The number of hydrogen-bond donors (Lipinski definition) is 1. The summed E-state index contributed by atoms with van der Waals surface area (Å²) in [4.78, 5) is 4.17. The summed E-state index contributed by atoms with van der Waals surface area (Å²) in [6.07, 6.45) is 2.03. The van der Waals surface area contributed by atoms with Gasteiger partial charge in [-0.05, 0) is 34.5 Å². The van der Waals surface area contributed by atoms with Crippen molar-refractivity contribution < 1.29 is 0 Å². The van der Waals surface area contributed by atoms with E-state index < -0.39 is 0 Å². The number of pyridine rings is 1. The number of nitriles is 1. The predicted molar refractivity (Wildman–Crippen MR) is 53.8 cm³/mol. The van der Waals surface area contributed by atoms with Crippen molar-refractivity contribution in [3.63, 3.8) is 0 Å². The highest BCUT2D eigenvalue weighted by Gasteiger charge is 2.10. The van der Waals surface area contributed by atoms with Crippen molar-refractivity contribution in [2.75, 3.05) is 0 Å². The molecule has 1 heterocycles. The van der Waals surface area contributed by atoms with Crippen molar-refractivity contribution in [1.29, 1.82) is 5.26 Å². The highest BCUT2D eigenvalue weighted by Crippen LogP contribution is 2.22. The van der Waals surface area contributed by atoms with Crippen molar-refractivity contribution in [1.82, 2.24) is 4.98 Å². The molecule has 0 amide bonds. The van der Waals surface area contributed by atoms with Crippen LogP contribution in [0.5, 0.6) is 0 Å². The van der Waals surface area contributed by atoms with E-state index >= 15 is 0 Å². The molecule has 0 aromatic carbocycles. The average Bonchev–Trinajstić information content (AvgIpc) is 2.04. The van der Waals surface area contributed by atoms with Gasteiger partial charge in [-0.1, -0.05) is 0 Å². The Morgan fingerprint density at radius 2 is 2.46 bits per heavy atom. The van der Waals surface area contributed by atoms with Gasteiger partial charge >= 0.3 is 0 Å². The lowest BCUT2D eigenvalue weighted by atomic mass is 10.1. The molecule has 0 aliphatic rings. The molecule has 0 unspecified atom stereocenters. The maximum absolute atomic E-state index is 8.47. The molecule has 0 saturated carbocycles. The maximum atomic E-state index is 8.47. The van der Waals surface area contributed by atoms with Crippen LogP contribution in [0.1, 0.15) is 23.7 Å². The maximum Gasteiger partial charge on any atom is 0.0723 e. The molecule has 4 heteroatoms. The van der Waals surface area contributed by atoms with Gasteiger partial charge in [-0.15, -0.1) is 0 Å². The van der Waals surface area contributed by atoms with Crippen molar-refractivity contribution >= 4 is 15.9 Å². The minimum absolute atomic E-state index is 0.286. The third-order valence-electron chi connectivity index (χ3n) is 1.67. The monoisotopic (exact) mass is 239 g/mol. The van der Waals surface area contributed by atoms with E-state index in [2.05, 4.69) is 20.9 Å². The van der Waals surface area contributed by atoms with Gasteiger partial charge in [-0.25, -0.2) is 0 Å². The lowest BCUT2D eigenvalue weighted by Gasteiger charge is -2.09. The van der Waals surface area contributed by atoms with Crippen molar-refractivity contribution in [2.24, 2.45) is 5.73 Å². The fourth-order valence-electron chi connectivity index (χ4n) is 1.01. The largest absolute Gasteiger partial charge is 0.322 e. The van der Waals surface area contributed by atoms with Gasteiger partial charge in [0, 0.05) is 10.7 Å². The zero-order valence-electron chi connectivity index (χ0n) is 7.29. The van der Waals surface area contributed by atoms with Crippen LogP contribution in [0, 0.1) is 18.3 Å². The Labute approximate surface area is 85.7 Å². The van der Waals surface area contributed by atoms with Crippen molar-refractivity contribution in [3.05, 3.63) is 28.0 Å². The SMILES string of the molecule is Cc1cnc([C@@H](N)CC#N)c(Br)c1. The average molecular weight is 240 g/mol. The van der Waals surface area contributed by atoms with Gasteiger partial charge in [0.1, 0.15) is 0 Å². The first-order valence-corrected chi connectivity index (χ1v) is 4.69. The Bertz CT molecular complexity index is 343. The fourth-order valence-corrected chi connectivity index (χ4v) is 1.77. The van der Waals surface area contributed by atoms with Crippen molar-refractivity contribution in [3.8, 4) is 6.07 Å². The molecule has 1 aromatic heterocycles. The molecule has 0 radical (unpaired) electrons. The summed E-state index contributed by atoms with van der Waals surface area (Å²) < 4.78 is 0.871. The summed E-state index contributed by atoms with van der Waals surface area (Å²) >= 11 is 3.37. The van der Waals surface area contributed by atoms with Crippen LogP contribution in [0.3, 0.4) is 0 Å². The zero-order valence-corrected chi connectivity index (χ0v) is 8.87. The van der Waals surface area contributed by atoms with Crippen LogP contribution in [-0.2, 0) is 0 Å². The van der Waals surface area contributed by atoms with Gasteiger partial charge in [0.05, 0.1) is 24.2 Å². The lowest BCUT2D eigenvalue weighted by Crippen LogP contribution is -2.11. The van der Waals surface area contributed by atoms with Gasteiger partial charge in [0.15, 0.2) is 0 Å². The van der Waals surface area contributed by atoms with Crippen LogP contribution in [0.4, 0.5) is 0 Å². The van der Waals surface area contributed by atoms with Gasteiger partial charge in [0.25, 0.3) is 0 Å². The third kappa shape index (κ3) is 2.51. The van der Waals surface area contributed by atoms with E-state index in [1.54, 1.807) is 6.20 Å². The number of nitrogens with two attached hydrogens (primary N) is 1. The highest BCUT2D eigenvalue weighted by molar-refractivity contribution is 9.10. The van der Waals surface area contributed by atoms with E-state index in [0.29, 0.717) is 0 Å². The predicted octanol–water partition coefficient (Wildman–Crippen LogP) is 2.07. The number of halogens is 1. The first-order chi connectivity index (χ1) is 6.15. The number of rotatable bonds is 2. The second-order valence-corrected chi connectivity index (χ2v) is 3.70. The van der Waals surface area contributed by atoms with Crippen LogP contribution in [0.15, 0.2) is 16.7 Å². The van der Waals surface area contributed by atoms with E-state index in [4.69, 9.17) is 11.0 Å². The fraction of sp³-hybridized carbons (Fsp3) is 0.333. The smallest absolute Gasteiger partial charge is 0.0723 e.